The molecule has 0 bridgehead atoms. The molecule has 2 aromatic rings. The summed E-state index contributed by atoms with van der Waals surface area (Å²) in [5.41, 5.74) is 0.774. The zero-order chi connectivity index (χ0) is 13.2. The Hall–Kier alpha value is -1.73. The smallest absolute Gasteiger partial charge is 0.271 e. The number of rotatable bonds is 4. The number of thiazole rings is 1. The van der Waals surface area contributed by atoms with E-state index in [1.165, 1.54) is 29.9 Å². The van der Waals surface area contributed by atoms with Gasteiger partial charge in [0, 0.05) is 18.7 Å². The summed E-state index contributed by atoms with van der Waals surface area (Å²) in [4.78, 5) is 14.7. The van der Waals surface area contributed by atoms with Crippen LogP contribution in [0.2, 0.25) is 0 Å². The van der Waals surface area contributed by atoms with Crippen molar-refractivity contribution in [3.63, 3.8) is 0 Å². The van der Waals surface area contributed by atoms with E-state index in [1.807, 2.05) is 0 Å². The van der Waals surface area contributed by atoms with E-state index in [4.69, 9.17) is 0 Å². The Morgan fingerprint density at radius 1 is 1.58 bits per heavy atom. The fourth-order valence-electron chi connectivity index (χ4n) is 2.23. The average Bonchev–Trinajstić information content (AvgIpc) is 3.04. The lowest BCUT2D eigenvalue weighted by molar-refractivity contribution is -0.384. The molecule has 3 rings (SSSR count). The summed E-state index contributed by atoms with van der Waals surface area (Å²) in [6, 6.07) is 4.80. The van der Waals surface area contributed by atoms with Crippen LogP contribution in [0, 0.1) is 16.0 Å². The van der Waals surface area contributed by atoms with Gasteiger partial charge in [0.15, 0.2) is 5.13 Å². The van der Waals surface area contributed by atoms with Crippen LogP contribution >= 0.6 is 11.3 Å². The molecule has 19 heavy (non-hydrogen) atoms. The summed E-state index contributed by atoms with van der Waals surface area (Å²) in [7, 11) is 0. The van der Waals surface area contributed by atoms with Crippen molar-refractivity contribution in [3.05, 3.63) is 28.3 Å². The number of non-ortho nitro benzene ring substituents is 1. The molecule has 1 aromatic carbocycles. The molecular weight excluding hydrogens is 264 g/mol. The molecule has 1 saturated heterocycles. The molecule has 1 aromatic heterocycles. The zero-order valence-electron chi connectivity index (χ0n) is 10.3. The number of anilines is 1. The van der Waals surface area contributed by atoms with E-state index >= 15 is 0 Å². The van der Waals surface area contributed by atoms with Crippen molar-refractivity contribution < 1.29 is 4.92 Å². The molecule has 1 fully saturated rings. The van der Waals surface area contributed by atoms with Crippen LogP contribution < -0.4 is 10.6 Å². The van der Waals surface area contributed by atoms with Gasteiger partial charge >= 0.3 is 0 Å². The molecule has 0 aliphatic carbocycles. The molecule has 0 amide bonds. The molecule has 100 valence electrons. The third-order valence-corrected chi connectivity index (χ3v) is 4.28. The normalized spacial score (nSPS) is 18.8. The van der Waals surface area contributed by atoms with Crippen molar-refractivity contribution in [2.75, 3.05) is 25.0 Å². The molecule has 1 aliphatic rings. The highest BCUT2D eigenvalue weighted by Crippen LogP contribution is 2.29. The van der Waals surface area contributed by atoms with Gasteiger partial charge in [-0.05, 0) is 31.5 Å². The molecule has 0 saturated carbocycles. The minimum absolute atomic E-state index is 0.0874. The molecule has 7 heteroatoms. The van der Waals surface area contributed by atoms with Crippen LogP contribution in [0.3, 0.4) is 0 Å². The number of benzene rings is 1. The van der Waals surface area contributed by atoms with Crippen molar-refractivity contribution in [1.29, 1.82) is 0 Å². The summed E-state index contributed by atoms with van der Waals surface area (Å²) in [5, 5.41) is 18.2. The highest BCUT2D eigenvalue weighted by molar-refractivity contribution is 7.22. The van der Waals surface area contributed by atoms with Gasteiger partial charge in [0.25, 0.3) is 5.69 Å². The van der Waals surface area contributed by atoms with Crippen molar-refractivity contribution >= 4 is 32.4 Å². The first-order valence-corrected chi connectivity index (χ1v) is 7.03. The lowest BCUT2D eigenvalue weighted by Crippen LogP contribution is -2.16. The van der Waals surface area contributed by atoms with Crippen LogP contribution in [0.4, 0.5) is 10.8 Å². The molecule has 1 aliphatic heterocycles. The van der Waals surface area contributed by atoms with E-state index in [9.17, 15) is 10.1 Å². The third kappa shape index (κ3) is 2.66. The molecule has 0 spiro atoms. The van der Waals surface area contributed by atoms with Crippen LogP contribution in [0.25, 0.3) is 10.2 Å². The van der Waals surface area contributed by atoms with E-state index in [2.05, 4.69) is 15.6 Å². The molecule has 6 nitrogen and oxygen atoms in total. The fraction of sp³-hybridized carbons (Fsp3) is 0.417. The van der Waals surface area contributed by atoms with Gasteiger partial charge in [0.2, 0.25) is 0 Å². The van der Waals surface area contributed by atoms with E-state index < -0.39 is 4.92 Å². The molecule has 1 atom stereocenters. The Labute approximate surface area is 114 Å². The number of nitrogens with zero attached hydrogens (tertiary/aromatic N) is 2. The second-order valence-corrected chi connectivity index (χ2v) is 5.70. The average molecular weight is 278 g/mol. The van der Waals surface area contributed by atoms with Gasteiger partial charge < -0.3 is 10.6 Å². The van der Waals surface area contributed by atoms with Gasteiger partial charge in [-0.3, -0.25) is 10.1 Å². The zero-order valence-corrected chi connectivity index (χ0v) is 11.1. The van der Waals surface area contributed by atoms with Crippen LogP contribution in [-0.4, -0.2) is 29.5 Å². The molecular formula is C12H14N4O2S. The standard InChI is InChI=1S/C12H14N4O2S/c17-16(18)9-1-2-11-10(5-9)15-12(19-11)14-7-8-3-4-13-6-8/h1-2,5,8,13H,3-4,6-7H2,(H,14,15)/t8-/m0/s1. The highest BCUT2D eigenvalue weighted by Gasteiger charge is 2.15. The predicted octanol–water partition coefficient (Wildman–Crippen LogP) is 2.23. The molecule has 2 heterocycles. The number of hydrogen-bond donors (Lipinski definition) is 2. The minimum Gasteiger partial charge on any atom is -0.361 e. The Bertz CT molecular complexity index is 607. The monoisotopic (exact) mass is 278 g/mol. The lowest BCUT2D eigenvalue weighted by Gasteiger charge is -2.07. The molecule has 2 N–H and O–H groups in total. The maximum Gasteiger partial charge on any atom is 0.271 e. The van der Waals surface area contributed by atoms with Crippen LogP contribution in [0.15, 0.2) is 18.2 Å². The highest BCUT2D eigenvalue weighted by atomic mass is 32.1. The van der Waals surface area contributed by atoms with E-state index in [-0.39, 0.29) is 5.69 Å². The van der Waals surface area contributed by atoms with Gasteiger partial charge in [-0.25, -0.2) is 4.98 Å². The summed E-state index contributed by atoms with van der Waals surface area (Å²) in [5.74, 6) is 0.640. The third-order valence-electron chi connectivity index (χ3n) is 3.29. The Morgan fingerprint density at radius 2 is 2.47 bits per heavy atom. The second-order valence-electron chi connectivity index (χ2n) is 4.67. The maximum absolute atomic E-state index is 10.7. The number of hydrogen-bond acceptors (Lipinski definition) is 6. The number of nitro benzene ring substituents is 1. The first kappa shape index (κ1) is 12.3. The van der Waals surface area contributed by atoms with Crippen molar-refractivity contribution in [1.82, 2.24) is 10.3 Å². The van der Waals surface area contributed by atoms with E-state index in [0.717, 1.165) is 29.5 Å². The van der Waals surface area contributed by atoms with Gasteiger partial charge in [-0.2, -0.15) is 0 Å². The van der Waals surface area contributed by atoms with Crippen molar-refractivity contribution in [3.8, 4) is 0 Å². The Balaban J connectivity index is 1.75. The first-order chi connectivity index (χ1) is 9.22. The second kappa shape index (κ2) is 5.10. The summed E-state index contributed by atoms with van der Waals surface area (Å²) >= 11 is 1.54. The molecule has 0 unspecified atom stereocenters. The van der Waals surface area contributed by atoms with Gasteiger partial charge in [-0.15, -0.1) is 0 Å². The number of nitrogens with one attached hydrogen (secondary N) is 2. The van der Waals surface area contributed by atoms with Crippen LogP contribution in [0.1, 0.15) is 6.42 Å². The summed E-state index contributed by atoms with van der Waals surface area (Å²) in [6.45, 7) is 3.02. The Kier molecular flexibility index (Phi) is 3.31. The number of fused-ring (bicyclic) bond motifs is 1. The SMILES string of the molecule is O=[N+]([O-])c1ccc2sc(NC[C@H]3CCNC3)nc2c1. The fourth-order valence-corrected chi connectivity index (χ4v) is 3.08. The minimum atomic E-state index is -0.393. The molecule has 0 radical (unpaired) electrons. The van der Waals surface area contributed by atoms with E-state index in [1.54, 1.807) is 6.07 Å². The van der Waals surface area contributed by atoms with Crippen molar-refractivity contribution in [2.24, 2.45) is 5.92 Å². The van der Waals surface area contributed by atoms with Crippen LogP contribution in [0.5, 0.6) is 0 Å². The van der Waals surface area contributed by atoms with Gasteiger partial charge in [0.05, 0.1) is 15.1 Å². The van der Waals surface area contributed by atoms with Gasteiger partial charge in [-0.1, -0.05) is 11.3 Å². The quantitative estimate of drug-likeness (QED) is 0.662. The summed E-state index contributed by atoms with van der Waals surface area (Å²) in [6.07, 6.45) is 1.18. The first-order valence-electron chi connectivity index (χ1n) is 6.22. The van der Waals surface area contributed by atoms with E-state index in [0.29, 0.717) is 11.4 Å². The number of nitro groups is 1. The number of aromatic nitrogens is 1. The maximum atomic E-state index is 10.7. The van der Waals surface area contributed by atoms with Crippen LogP contribution in [-0.2, 0) is 0 Å². The lowest BCUT2D eigenvalue weighted by atomic mass is 10.1. The Morgan fingerprint density at radius 3 is 3.21 bits per heavy atom. The largest absolute Gasteiger partial charge is 0.361 e. The predicted molar refractivity (Wildman–Crippen MR) is 75.7 cm³/mol. The van der Waals surface area contributed by atoms with Gasteiger partial charge in [0.1, 0.15) is 0 Å². The summed E-state index contributed by atoms with van der Waals surface area (Å²) < 4.78 is 0.970. The van der Waals surface area contributed by atoms with Crippen molar-refractivity contribution in [2.45, 2.75) is 6.42 Å². The topological polar surface area (TPSA) is 80.1 Å².